The Morgan fingerprint density at radius 1 is 1.47 bits per heavy atom. The first-order valence-corrected chi connectivity index (χ1v) is 7.58. The Labute approximate surface area is 112 Å². The fourth-order valence-corrected chi connectivity index (χ4v) is 3.98. The molecule has 0 fully saturated rings. The van der Waals surface area contributed by atoms with E-state index in [1.807, 2.05) is 0 Å². The van der Waals surface area contributed by atoms with Crippen molar-refractivity contribution in [1.29, 1.82) is 0 Å². The molecular formula is C7H3BrClIO4S. The van der Waals surface area contributed by atoms with Gasteiger partial charge in [0.15, 0.2) is 0 Å². The van der Waals surface area contributed by atoms with Crippen LogP contribution in [0.2, 0.25) is 0 Å². The maximum atomic E-state index is 11.1. The smallest absolute Gasteiger partial charge is 0.335 e. The van der Waals surface area contributed by atoms with Crippen molar-refractivity contribution >= 4 is 64.2 Å². The van der Waals surface area contributed by atoms with E-state index in [1.54, 1.807) is 22.6 Å². The first-order valence-electron chi connectivity index (χ1n) is 3.40. The highest BCUT2D eigenvalue weighted by Gasteiger charge is 2.19. The highest BCUT2D eigenvalue weighted by Crippen LogP contribution is 2.30. The SMILES string of the molecule is O=C(O)c1cc(Br)c(I)c(S(=O)(=O)Cl)c1. The number of carboxylic acids is 1. The molecule has 8 heteroatoms. The van der Waals surface area contributed by atoms with Crippen molar-refractivity contribution in [3.63, 3.8) is 0 Å². The van der Waals surface area contributed by atoms with Gasteiger partial charge in [-0.3, -0.25) is 0 Å². The second-order valence-corrected chi connectivity index (χ2v) is 6.98. The van der Waals surface area contributed by atoms with Gasteiger partial charge in [-0.15, -0.1) is 0 Å². The van der Waals surface area contributed by atoms with Crippen molar-refractivity contribution in [2.75, 3.05) is 0 Å². The first kappa shape index (κ1) is 13.2. The van der Waals surface area contributed by atoms with Gasteiger partial charge >= 0.3 is 5.97 Å². The van der Waals surface area contributed by atoms with E-state index in [0.717, 1.165) is 6.07 Å². The van der Waals surface area contributed by atoms with Gasteiger partial charge in [-0.25, -0.2) is 13.2 Å². The molecule has 0 radical (unpaired) electrons. The zero-order valence-electron chi connectivity index (χ0n) is 6.87. The Balaban J connectivity index is 3.59. The van der Waals surface area contributed by atoms with E-state index >= 15 is 0 Å². The van der Waals surface area contributed by atoms with Crippen molar-refractivity contribution in [3.05, 3.63) is 25.7 Å². The summed E-state index contributed by atoms with van der Waals surface area (Å²) in [6, 6.07) is 2.34. The molecular weight excluding hydrogens is 422 g/mol. The number of carbonyl (C=O) groups is 1. The van der Waals surface area contributed by atoms with Crippen LogP contribution < -0.4 is 0 Å². The van der Waals surface area contributed by atoms with Gasteiger partial charge in [0.2, 0.25) is 0 Å². The summed E-state index contributed by atoms with van der Waals surface area (Å²) in [5.74, 6) is -1.21. The molecule has 0 atom stereocenters. The molecule has 4 nitrogen and oxygen atoms in total. The van der Waals surface area contributed by atoms with Crippen LogP contribution >= 0.6 is 49.2 Å². The fraction of sp³-hybridized carbons (Fsp3) is 0. The average molecular weight is 425 g/mol. The molecule has 0 aliphatic heterocycles. The Hall–Kier alpha value is 0.140. The maximum absolute atomic E-state index is 11.1. The summed E-state index contributed by atoms with van der Waals surface area (Å²) in [7, 11) is 1.23. The van der Waals surface area contributed by atoms with E-state index in [9.17, 15) is 13.2 Å². The third-order valence-electron chi connectivity index (χ3n) is 1.50. The summed E-state index contributed by atoms with van der Waals surface area (Å²) in [5.41, 5.74) is -0.137. The highest BCUT2D eigenvalue weighted by molar-refractivity contribution is 14.1. The monoisotopic (exact) mass is 424 g/mol. The molecule has 0 bridgehead atoms. The summed E-state index contributed by atoms with van der Waals surface area (Å²) < 4.78 is 23.0. The van der Waals surface area contributed by atoms with Crippen LogP contribution in [0.25, 0.3) is 0 Å². The molecule has 0 saturated heterocycles. The van der Waals surface area contributed by atoms with Gasteiger partial charge in [0.1, 0.15) is 0 Å². The molecule has 1 N–H and O–H groups in total. The molecule has 0 spiro atoms. The molecule has 0 aliphatic carbocycles. The molecule has 1 rings (SSSR count). The van der Waals surface area contributed by atoms with E-state index in [0.29, 0.717) is 8.04 Å². The summed E-state index contributed by atoms with van der Waals surface area (Å²) in [6.45, 7) is 0. The third-order valence-corrected chi connectivity index (χ3v) is 5.75. The molecule has 0 unspecified atom stereocenters. The lowest BCUT2D eigenvalue weighted by atomic mass is 10.2. The number of benzene rings is 1. The number of carboxylic acid groups (broad SMARTS) is 1. The van der Waals surface area contributed by atoms with Crippen LogP contribution in [0, 0.1) is 3.57 Å². The minimum Gasteiger partial charge on any atom is -0.478 e. The Morgan fingerprint density at radius 3 is 2.40 bits per heavy atom. The Kier molecular flexibility index (Phi) is 4.01. The summed E-state index contributed by atoms with van der Waals surface area (Å²) in [6.07, 6.45) is 0. The zero-order valence-corrected chi connectivity index (χ0v) is 12.2. The summed E-state index contributed by atoms with van der Waals surface area (Å²) >= 11 is 4.83. The lowest BCUT2D eigenvalue weighted by Crippen LogP contribution is -2.02. The van der Waals surface area contributed by atoms with E-state index < -0.39 is 15.0 Å². The lowest BCUT2D eigenvalue weighted by molar-refractivity contribution is 0.0696. The number of hydrogen-bond acceptors (Lipinski definition) is 3. The van der Waals surface area contributed by atoms with Crippen LogP contribution in [0.1, 0.15) is 10.4 Å². The molecule has 82 valence electrons. The molecule has 1 aromatic carbocycles. The van der Waals surface area contributed by atoms with Crippen molar-refractivity contribution < 1.29 is 18.3 Å². The minimum absolute atomic E-state index is 0.137. The molecule has 0 amide bonds. The molecule has 1 aromatic rings. The normalized spacial score (nSPS) is 11.4. The standard InChI is InChI=1S/C7H3BrClIO4S/c8-4-1-3(7(11)12)2-5(6(4)10)15(9,13)14/h1-2H,(H,11,12). The second-order valence-electron chi connectivity index (χ2n) is 2.51. The van der Waals surface area contributed by atoms with E-state index in [2.05, 4.69) is 15.9 Å². The van der Waals surface area contributed by atoms with E-state index in [-0.39, 0.29) is 10.5 Å². The van der Waals surface area contributed by atoms with Gasteiger partial charge in [0, 0.05) is 18.7 Å². The molecule has 0 aliphatic rings. The molecule has 15 heavy (non-hydrogen) atoms. The van der Waals surface area contributed by atoms with Gasteiger partial charge in [0.25, 0.3) is 9.05 Å². The fourth-order valence-electron chi connectivity index (χ4n) is 0.865. The van der Waals surface area contributed by atoms with Crippen LogP contribution in [0.15, 0.2) is 21.5 Å². The highest BCUT2D eigenvalue weighted by atomic mass is 127. The molecule has 0 heterocycles. The zero-order chi connectivity index (χ0) is 11.8. The molecule has 0 aromatic heterocycles. The minimum atomic E-state index is -3.94. The lowest BCUT2D eigenvalue weighted by Gasteiger charge is -2.04. The van der Waals surface area contributed by atoms with E-state index in [1.165, 1.54) is 6.07 Å². The van der Waals surface area contributed by atoms with E-state index in [4.69, 9.17) is 15.8 Å². The van der Waals surface area contributed by atoms with Crippen LogP contribution in [-0.2, 0) is 9.05 Å². The predicted molar refractivity (Wildman–Crippen MR) is 66.9 cm³/mol. The predicted octanol–water partition coefficient (Wildman–Crippen LogP) is 2.68. The Bertz CT molecular complexity index is 528. The van der Waals surface area contributed by atoms with Gasteiger partial charge in [-0.1, -0.05) is 0 Å². The van der Waals surface area contributed by atoms with Crippen molar-refractivity contribution in [1.82, 2.24) is 0 Å². The largest absolute Gasteiger partial charge is 0.478 e. The third kappa shape index (κ3) is 3.05. The number of rotatable bonds is 2. The summed E-state index contributed by atoms with van der Waals surface area (Å²) in [4.78, 5) is 10.5. The van der Waals surface area contributed by atoms with Gasteiger partial charge in [-0.05, 0) is 50.7 Å². The van der Waals surface area contributed by atoms with Crippen molar-refractivity contribution in [2.45, 2.75) is 4.90 Å². The first-order chi connectivity index (χ1) is 6.73. The van der Waals surface area contributed by atoms with Crippen LogP contribution in [0.3, 0.4) is 0 Å². The number of hydrogen-bond donors (Lipinski definition) is 1. The van der Waals surface area contributed by atoms with Crippen LogP contribution in [-0.4, -0.2) is 19.5 Å². The molecule has 0 saturated carbocycles. The van der Waals surface area contributed by atoms with Crippen molar-refractivity contribution in [3.8, 4) is 0 Å². The maximum Gasteiger partial charge on any atom is 0.335 e. The van der Waals surface area contributed by atoms with Gasteiger partial charge in [0.05, 0.1) is 10.5 Å². The second kappa shape index (κ2) is 4.56. The van der Waals surface area contributed by atoms with Crippen molar-refractivity contribution in [2.24, 2.45) is 0 Å². The Morgan fingerprint density at radius 2 is 2.00 bits per heavy atom. The van der Waals surface area contributed by atoms with Crippen LogP contribution in [0.4, 0.5) is 0 Å². The number of aromatic carboxylic acids is 1. The average Bonchev–Trinajstić information content (AvgIpc) is 2.06. The van der Waals surface area contributed by atoms with Gasteiger partial charge < -0.3 is 5.11 Å². The quantitative estimate of drug-likeness (QED) is 0.584. The van der Waals surface area contributed by atoms with Crippen LogP contribution in [0.5, 0.6) is 0 Å². The summed E-state index contributed by atoms with van der Waals surface area (Å²) in [5, 5.41) is 8.73. The van der Waals surface area contributed by atoms with Gasteiger partial charge in [-0.2, -0.15) is 0 Å². The topological polar surface area (TPSA) is 71.4 Å². The number of halogens is 3.